The summed E-state index contributed by atoms with van der Waals surface area (Å²) < 4.78 is 0.776. The number of hydrogen-bond donors (Lipinski definition) is 3. The van der Waals surface area contributed by atoms with Gasteiger partial charge in [0, 0.05) is 9.85 Å². The number of urea groups is 1. The van der Waals surface area contributed by atoms with Crippen molar-refractivity contribution in [3.05, 3.63) is 44.8 Å². The van der Waals surface area contributed by atoms with Crippen molar-refractivity contribution in [2.24, 2.45) is 0 Å². The van der Waals surface area contributed by atoms with Crippen LogP contribution in [0.15, 0.2) is 34.1 Å². The third-order valence-electron chi connectivity index (χ3n) is 2.29. The van der Waals surface area contributed by atoms with Gasteiger partial charge in [0.1, 0.15) is 5.01 Å². The molecule has 104 valence electrons. The number of carboxylic acid groups (broad SMARTS) is 1. The van der Waals surface area contributed by atoms with E-state index in [1.54, 1.807) is 12.1 Å². The molecule has 3 N–H and O–H groups in total. The zero-order valence-electron chi connectivity index (χ0n) is 10.1. The quantitative estimate of drug-likeness (QED) is 0.786. The fourth-order valence-electron chi connectivity index (χ4n) is 1.38. The van der Waals surface area contributed by atoms with E-state index in [9.17, 15) is 9.59 Å². The van der Waals surface area contributed by atoms with Crippen LogP contribution in [0.4, 0.5) is 10.5 Å². The van der Waals surface area contributed by atoms with Gasteiger partial charge in [-0.15, -0.1) is 11.3 Å². The molecule has 0 aliphatic heterocycles. The number of nitrogens with zero attached hydrogens (tertiary/aromatic N) is 1. The maximum absolute atomic E-state index is 11.7. The van der Waals surface area contributed by atoms with E-state index in [0.29, 0.717) is 10.7 Å². The van der Waals surface area contributed by atoms with Crippen molar-refractivity contribution in [3.63, 3.8) is 0 Å². The van der Waals surface area contributed by atoms with Crippen molar-refractivity contribution in [2.45, 2.75) is 6.54 Å². The van der Waals surface area contributed by atoms with Gasteiger partial charge in [-0.1, -0.05) is 12.1 Å². The summed E-state index contributed by atoms with van der Waals surface area (Å²) in [6.07, 6.45) is 0. The van der Waals surface area contributed by atoms with Gasteiger partial charge < -0.3 is 15.7 Å². The maximum Gasteiger partial charge on any atom is 0.355 e. The van der Waals surface area contributed by atoms with E-state index >= 15 is 0 Å². The Labute approximate surface area is 127 Å². The molecule has 8 heteroatoms. The number of anilines is 1. The van der Waals surface area contributed by atoms with Crippen LogP contribution in [0.1, 0.15) is 15.5 Å². The summed E-state index contributed by atoms with van der Waals surface area (Å²) in [5, 5.41) is 16.0. The highest BCUT2D eigenvalue weighted by molar-refractivity contribution is 9.10. The number of para-hydroxylation sites is 1. The molecule has 0 saturated heterocycles. The Balaban J connectivity index is 1.89. The Bertz CT molecular complexity index is 644. The molecule has 6 nitrogen and oxygen atoms in total. The molecule has 2 aromatic rings. The number of thiazole rings is 1. The summed E-state index contributed by atoms with van der Waals surface area (Å²) in [4.78, 5) is 26.2. The Kier molecular flexibility index (Phi) is 4.70. The summed E-state index contributed by atoms with van der Waals surface area (Å²) in [6, 6.07) is 6.84. The second-order valence-electron chi connectivity index (χ2n) is 3.72. The molecular formula is C12H10BrN3O3S. The minimum absolute atomic E-state index is 0.0157. The van der Waals surface area contributed by atoms with Crippen LogP contribution in [-0.2, 0) is 6.54 Å². The fraction of sp³-hybridized carbons (Fsp3) is 0.0833. The van der Waals surface area contributed by atoms with Crippen molar-refractivity contribution >= 4 is 45.0 Å². The molecule has 0 aliphatic rings. The number of carbonyl (C=O) groups is 2. The number of nitrogens with one attached hydrogen (secondary N) is 2. The van der Waals surface area contributed by atoms with Gasteiger partial charge in [0.2, 0.25) is 0 Å². The first-order valence-corrected chi connectivity index (χ1v) is 7.20. The standard InChI is InChI=1S/C12H10BrN3O3S/c13-7-3-1-2-4-8(7)16-12(19)14-5-10-15-9(6-20-10)11(17)18/h1-4,6H,5H2,(H,17,18)(H2,14,16,19). The minimum Gasteiger partial charge on any atom is -0.476 e. The van der Waals surface area contributed by atoms with E-state index in [4.69, 9.17) is 5.11 Å². The predicted octanol–water partition coefficient (Wildman–Crippen LogP) is 2.93. The number of carbonyl (C=O) groups excluding carboxylic acids is 1. The number of hydrogen-bond acceptors (Lipinski definition) is 4. The topological polar surface area (TPSA) is 91.3 Å². The van der Waals surface area contributed by atoms with Gasteiger partial charge in [-0.3, -0.25) is 0 Å². The number of halogens is 1. The van der Waals surface area contributed by atoms with Crippen LogP contribution in [0, 0.1) is 0 Å². The molecule has 0 radical (unpaired) electrons. The van der Waals surface area contributed by atoms with Gasteiger partial charge in [-0.05, 0) is 28.1 Å². The zero-order chi connectivity index (χ0) is 14.5. The smallest absolute Gasteiger partial charge is 0.355 e. The van der Waals surface area contributed by atoms with Crippen molar-refractivity contribution < 1.29 is 14.7 Å². The Morgan fingerprint density at radius 1 is 1.35 bits per heavy atom. The van der Waals surface area contributed by atoms with E-state index in [1.807, 2.05) is 12.1 Å². The van der Waals surface area contributed by atoms with Gasteiger partial charge in [-0.2, -0.15) is 0 Å². The van der Waals surface area contributed by atoms with Gasteiger partial charge in [0.25, 0.3) is 0 Å². The zero-order valence-corrected chi connectivity index (χ0v) is 12.5. The first-order chi connectivity index (χ1) is 9.56. The van der Waals surface area contributed by atoms with Crippen LogP contribution in [0.25, 0.3) is 0 Å². The Hall–Kier alpha value is -1.93. The van der Waals surface area contributed by atoms with Crippen LogP contribution in [-0.4, -0.2) is 22.1 Å². The van der Waals surface area contributed by atoms with E-state index in [1.165, 1.54) is 16.7 Å². The molecule has 20 heavy (non-hydrogen) atoms. The fourth-order valence-corrected chi connectivity index (χ4v) is 2.47. The van der Waals surface area contributed by atoms with Crippen LogP contribution in [0.2, 0.25) is 0 Å². The van der Waals surface area contributed by atoms with Gasteiger partial charge in [0.15, 0.2) is 5.69 Å². The number of benzene rings is 1. The molecule has 1 heterocycles. The predicted molar refractivity (Wildman–Crippen MR) is 79.1 cm³/mol. The van der Waals surface area contributed by atoms with Crippen LogP contribution in [0.5, 0.6) is 0 Å². The van der Waals surface area contributed by atoms with Crippen molar-refractivity contribution in [1.82, 2.24) is 10.3 Å². The number of aromatic nitrogens is 1. The van der Waals surface area contributed by atoms with Gasteiger partial charge in [-0.25, -0.2) is 14.6 Å². The van der Waals surface area contributed by atoms with Gasteiger partial charge in [0.05, 0.1) is 12.2 Å². The molecular weight excluding hydrogens is 346 g/mol. The van der Waals surface area contributed by atoms with E-state index in [0.717, 1.165) is 4.47 Å². The monoisotopic (exact) mass is 355 g/mol. The minimum atomic E-state index is -1.08. The SMILES string of the molecule is O=C(NCc1nc(C(=O)O)cs1)Nc1ccccc1Br. The molecule has 0 unspecified atom stereocenters. The van der Waals surface area contributed by atoms with E-state index < -0.39 is 5.97 Å². The van der Waals surface area contributed by atoms with Crippen molar-refractivity contribution in [3.8, 4) is 0 Å². The van der Waals surface area contributed by atoms with Gasteiger partial charge >= 0.3 is 12.0 Å². The molecule has 0 fully saturated rings. The molecule has 0 bridgehead atoms. The third-order valence-corrected chi connectivity index (χ3v) is 3.83. The molecule has 2 amide bonds. The molecule has 2 rings (SSSR count). The number of carboxylic acids is 1. The first-order valence-electron chi connectivity index (χ1n) is 5.53. The molecule has 0 spiro atoms. The summed E-state index contributed by atoms with van der Waals surface area (Å²) in [5.41, 5.74) is 0.633. The number of aromatic carboxylic acids is 1. The van der Waals surface area contributed by atoms with E-state index in [-0.39, 0.29) is 18.3 Å². The highest BCUT2D eigenvalue weighted by Crippen LogP contribution is 2.20. The first kappa shape index (κ1) is 14.5. The van der Waals surface area contributed by atoms with E-state index in [2.05, 4.69) is 31.5 Å². The summed E-state index contributed by atoms with van der Waals surface area (Å²) >= 11 is 4.51. The highest BCUT2D eigenvalue weighted by Gasteiger charge is 2.10. The number of amides is 2. The molecule has 0 saturated carbocycles. The number of rotatable bonds is 4. The Morgan fingerprint density at radius 2 is 2.10 bits per heavy atom. The average molecular weight is 356 g/mol. The lowest BCUT2D eigenvalue weighted by molar-refractivity contribution is 0.0691. The third kappa shape index (κ3) is 3.78. The second kappa shape index (κ2) is 6.49. The summed E-state index contributed by atoms with van der Waals surface area (Å²) in [5.74, 6) is -1.08. The lowest BCUT2D eigenvalue weighted by Gasteiger charge is -2.07. The Morgan fingerprint density at radius 3 is 2.75 bits per heavy atom. The van der Waals surface area contributed by atoms with Crippen LogP contribution < -0.4 is 10.6 Å². The maximum atomic E-state index is 11.7. The van der Waals surface area contributed by atoms with Crippen molar-refractivity contribution in [2.75, 3.05) is 5.32 Å². The largest absolute Gasteiger partial charge is 0.476 e. The lowest BCUT2D eigenvalue weighted by atomic mass is 10.3. The average Bonchev–Trinajstić information content (AvgIpc) is 2.88. The second-order valence-corrected chi connectivity index (χ2v) is 5.52. The van der Waals surface area contributed by atoms with Crippen LogP contribution >= 0.6 is 27.3 Å². The van der Waals surface area contributed by atoms with Crippen molar-refractivity contribution in [1.29, 1.82) is 0 Å². The normalized spacial score (nSPS) is 10.1. The molecule has 0 aliphatic carbocycles. The highest BCUT2D eigenvalue weighted by atomic mass is 79.9. The molecule has 0 atom stereocenters. The lowest BCUT2D eigenvalue weighted by Crippen LogP contribution is -2.28. The summed E-state index contributed by atoms with van der Waals surface area (Å²) in [6.45, 7) is 0.175. The molecule has 1 aromatic carbocycles. The van der Waals surface area contributed by atoms with Crippen LogP contribution in [0.3, 0.4) is 0 Å². The molecule has 1 aromatic heterocycles. The summed E-state index contributed by atoms with van der Waals surface area (Å²) in [7, 11) is 0.